The third kappa shape index (κ3) is 2.60. The van der Waals surface area contributed by atoms with Gasteiger partial charge in [-0.05, 0) is 37.1 Å². The fraction of sp³-hybridized carbons (Fsp3) is 0.368. The van der Waals surface area contributed by atoms with Crippen LogP contribution in [0.5, 0.6) is 5.75 Å². The molecule has 4 rings (SSSR count). The first-order valence-electron chi connectivity index (χ1n) is 8.47. The van der Waals surface area contributed by atoms with Crippen molar-refractivity contribution in [3.05, 3.63) is 42.0 Å². The van der Waals surface area contributed by atoms with Crippen LogP contribution >= 0.6 is 0 Å². The lowest BCUT2D eigenvalue weighted by molar-refractivity contribution is -0.125. The Labute approximate surface area is 140 Å². The van der Waals surface area contributed by atoms with Crippen molar-refractivity contribution in [1.29, 1.82) is 0 Å². The number of rotatable bonds is 3. The second-order valence-corrected chi connectivity index (χ2v) is 6.62. The number of likely N-dealkylation sites (tertiary alicyclic amines) is 1. The number of nitrogens with one attached hydrogen (secondary N) is 1. The predicted molar refractivity (Wildman–Crippen MR) is 90.8 cm³/mol. The van der Waals surface area contributed by atoms with Crippen molar-refractivity contribution >= 4 is 22.6 Å². The number of nitrogens with zero attached hydrogens (tertiary/aromatic N) is 1. The maximum atomic E-state index is 12.9. The summed E-state index contributed by atoms with van der Waals surface area (Å²) in [5.41, 5.74) is 0.264. The molecule has 2 aromatic rings. The molecule has 0 unspecified atom stereocenters. The average Bonchev–Trinajstić information content (AvgIpc) is 3.26. The molecule has 124 valence electrons. The van der Waals surface area contributed by atoms with Crippen molar-refractivity contribution in [1.82, 2.24) is 10.2 Å². The van der Waals surface area contributed by atoms with E-state index in [4.69, 9.17) is 0 Å². The van der Waals surface area contributed by atoms with Crippen LogP contribution in [-0.2, 0) is 4.79 Å². The van der Waals surface area contributed by atoms with Crippen LogP contribution in [0.4, 0.5) is 0 Å². The smallest absolute Gasteiger partial charge is 0.258 e. The van der Waals surface area contributed by atoms with E-state index >= 15 is 0 Å². The second-order valence-electron chi connectivity index (χ2n) is 6.62. The molecule has 1 aliphatic carbocycles. The van der Waals surface area contributed by atoms with Gasteiger partial charge in [0.25, 0.3) is 5.91 Å². The summed E-state index contributed by atoms with van der Waals surface area (Å²) in [7, 11) is 0. The lowest BCUT2D eigenvalue weighted by Gasteiger charge is -2.24. The van der Waals surface area contributed by atoms with Crippen molar-refractivity contribution in [2.45, 2.75) is 37.8 Å². The molecule has 1 aliphatic heterocycles. The lowest BCUT2D eigenvalue weighted by atomic mass is 10.0. The number of aromatic hydroxyl groups is 1. The predicted octanol–water partition coefficient (Wildman–Crippen LogP) is 2.43. The minimum absolute atomic E-state index is 0.00801. The number of phenols is 1. The summed E-state index contributed by atoms with van der Waals surface area (Å²) >= 11 is 0. The van der Waals surface area contributed by atoms with Gasteiger partial charge in [-0.15, -0.1) is 0 Å². The highest BCUT2D eigenvalue weighted by atomic mass is 16.3. The normalized spacial score (nSPS) is 20.3. The summed E-state index contributed by atoms with van der Waals surface area (Å²) in [4.78, 5) is 26.9. The standard InChI is InChI=1S/C19H20N2O3/c22-17-14-5-2-1-4-12(14)7-10-15(17)19(24)21-11-3-6-16(21)18(23)20-13-8-9-13/h1-2,4-5,7,10,13,16,22H,3,6,8-9,11H2,(H,20,23)/t16-/m1/s1. The van der Waals surface area contributed by atoms with Gasteiger partial charge in [-0.3, -0.25) is 9.59 Å². The molecule has 5 heteroatoms. The van der Waals surface area contributed by atoms with Crippen LogP contribution in [0.15, 0.2) is 36.4 Å². The first-order valence-corrected chi connectivity index (χ1v) is 8.47. The Kier molecular flexibility index (Phi) is 3.63. The molecule has 0 bridgehead atoms. The van der Waals surface area contributed by atoms with Crippen LogP contribution in [0.1, 0.15) is 36.0 Å². The van der Waals surface area contributed by atoms with Crippen molar-refractivity contribution in [2.24, 2.45) is 0 Å². The van der Waals surface area contributed by atoms with Gasteiger partial charge in [0.2, 0.25) is 5.91 Å². The summed E-state index contributed by atoms with van der Waals surface area (Å²) < 4.78 is 0. The number of hydrogen-bond acceptors (Lipinski definition) is 3. The minimum atomic E-state index is -0.427. The monoisotopic (exact) mass is 324 g/mol. The van der Waals surface area contributed by atoms with Gasteiger partial charge >= 0.3 is 0 Å². The van der Waals surface area contributed by atoms with Gasteiger partial charge in [-0.25, -0.2) is 0 Å². The maximum absolute atomic E-state index is 12.9. The number of benzene rings is 2. The van der Waals surface area contributed by atoms with E-state index in [9.17, 15) is 14.7 Å². The van der Waals surface area contributed by atoms with E-state index in [1.807, 2.05) is 24.3 Å². The van der Waals surface area contributed by atoms with E-state index in [1.54, 1.807) is 17.0 Å². The number of hydrogen-bond donors (Lipinski definition) is 2. The number of fused-ring (bicyclic) bond motifs is 1. The third-order valence-corrected chi connectivity index (χ3v) is 4.87. The fourth-order valence-electron chi connectivity index (χ4n) is 3.39. The Morgan fingerprint density at radius 1 is 1.08 bits per heavy atom. The zero-order valence-electron chi connectivity index (χ0n) is 13.4. The highest BCUT2D eigenvalue weighted by Gasteiger charge is 2.37. The Bertz CT molecular complexity index is 813. The van der Waals surface area contributed by atoms with E-state index in [0.717, 1.165) is 24.6 Å². The molecule has 2 aliphatic rings. The Morgan fingerprint density at radius 2 is 1.88 bits per heavy atom. The quantitative estimate of drug-likeness (QED) is 0.911. The summed E-state index contributed by atoms with van der Waals surface area (Å²) in [5.74, 6) is -0.346. The minimum Gasteiger partial charge on any atom is -0.506 e. The summed E-state index contributed by atoms with van der Waals surface area (Å²) in [6, 6.07) is 10.7. The van der Waals surface area contributed by atoms with Gasteiger partial charge in [0.05, 0.1) is 5.56 Å². The van der Waals surface area contributed by atoms with Crippen LogP contribution < -0.4 is 5.32 Å². The van der Waals surface area contributed by atoms with E-state index in [2.05, 4.69) is 5.32 Å². The van der Waals surface area contributed by atoms with Crippen molar-refractivity contribution < 1.29 is 14.7 Å². The SMILES string of the molecule is O=C(NC1CC1)[C@H]1CCCN1C(=O)c1ccc2ccccc2c1O. The van der Waals surface area contributed by atoms with Crippen LogP contribution in [0, 0.1) is 0 Å². The molecule has 1 atom stereocenters. The van der Waals surface area contributed by atoms with Crippen molar-refractivity contribution in [3.8, 4) is 5.75 Å². The number of amides is 2. The molecule has 0 aromatic heterocycles. The van der Waals surface area contributed by atoms with E-state index in [1.165, 1.54) is 0 Å². The van der Waals surface area contributed by atoms with Crippen LogP contribution in [-0.4, -0.2) is 40.4 Å². The number of carbonyl (C=O) groups excluding carboxylic acids is 2. The summed E-state index contributed by atoms with van der Waals surface area (Å²) in [6.07, 6.45) is 3.54. The molecular weight excluding hydrogens is 304 g/mol. The van der Waals surface area contributed by atoms with Gasteiger partial charge in [0.15, 0.2) is 0 Å². The molecule has 5 nitrogen and oxygen atoms in total. The van der Waals surface area contributed by atoms with E-state index in [-0.39, 0.29) is 29.2 Å². The van der Waals surface area contributed by atoms with Gasteiger partial charge in [0.1, 0.15) is 11.8 Å². The first-order chi connectivity index (χ1) is 11.6. The average molecular weight is 324 g/mol. The topological polar surface area (TPSA) is 69.6 Å². The van der Waals surface area contributed by atoms with Gasteiger partial charge in [-0.2, -0.15) is 0 Å². The highest BCUT2D eigenvalue weighted by Crippen LogP contribution is 2.31. The fourth-order valence-corrected chi connectivity index (χ4v) is 3.39. The Hall–Kier alpha value is -2.56. The molecule has 2 N–H and O–H groups in total. The maximum Gasteiger partial charge on any atom is 0.258 e. The molecule has 1 saturated heterocycles. The molecule has 0 radical (unpaired) electrons. The second kappa shape index (κ2) is 5.82. The van der Waals surface area contributed by atoms with Gasteiger partial charge in [-0.1, -0.05) is 30.3 Å². The molecule has 24 heavy (non-hydrogen) atoms. The van der Waals surface area contributed by atoms with Crippen molar-refractivity contribution in [3.63, 3.8) is 0 Å². The summed E-state index contributed by atoms with van der Waals surface area (Å²) in [5, 5.41) is 15.0. The molecule has 0 spiro atoms. The molecule has 1 saturated carbocycles. The van der Waals surface area contributed by atoms with E-state index < -0.39 is 6.04 Å². The Balaban J connectivity index is 1.62. The number of phenolic OH excluding ortho intramolecular Hbond substituents is 1. The molecular formula is C19H20N2O3. The number of carbonyl (C=O) groups is 2. The Morgan fingerprint density at radius 3 is 2.67 bits per heavy atom. The largest absolute Gasteiger partial charge is 0.506 e. The molecule has 2 fully saturated rings. The first kappa shape index (κ1) is 15.0. The molecule has 1 heterocycles. The summed E-state index contributed by atoms with van der Waals surface area (Å²) in [6.45, 7) is 0.549. The van der Waals surface area contributed by atoms with E-state index in [0.29, 0.717) is 18.4 Å². The van der Waals surface area contributed by atoms with Crippen LogP contribution in [0.2, 0.25) is 0 Å². The lowest BCUT2D eigenvalue weighted by Crippen LogP contribution is -2.46. The molecule has 2 amide bonds. The zero-order valence-corrected chi connectivity index (χ0v) is 13.4. The molecule has 2 aromatic carbocycles. The third-order valence-electron chi connectivity index (χ3n) is 4.87. The van der Waals surface area contributed by atoms with Gasteiger partial charge in [0, 0.05) is 18.0 Å². The van der Waals surface area contributed by atoms with Gasteiger partial charge < -0.3 is 15.3 Å². The highest BCUT2D eigenvalue weighted by molar-refractivity contribution is 6.05. The van der Waals surface area contributed by atoms with Crippen LogP contribution in [0.25, 0.3) is 10.8 Å². The zero-order chi connectivity index (χ0) is 16.7. The van der Waals surface area contributed by atoms with Crippen molar-refractivity contribution in [2.75, 3.05) is 6.54 Å². The van der Waals surface area contributed by atoms with Crippen LogP contribution in [0.3, 0.4) is 0 Å².